The third-order valence-corrected chi connectivity index (χ3v) is 5.88. The van der Waals surface area contributed by atoms with Crippen LogP contribution in [-0.4, -0.2) is 21.7 Å². The highest BCUT2D eigenvalue weighted by atomic mass is 16.6. The predicted octanol–water partition coefficient (Wildman–Crippen LogP) is 4.22. The molecule has 0 spiro atoms. The molecule has 0 aliphatic carbocycles. The van der Waals surface area contributed by atoms with Gasteiger partial charge < -0.3 is 10.0 Å². The van der Waals surface area contributed by atoms with Crippen molar-refractivity contribution < 1.29 is 19.6 Å². The summed E-state index contributed by atoms with van der Waals surface area (Å²) in [4.78, 5) is 38.6. The van der Waals surface area contributed by atoms with E-state index in [1.165, 1.54) is 29.2 Å². The zero-order valence-electron chi connectivity index (χ0n) is 17.7. The first kappa shape index (κ1) is 21.4. The van der Waals surface area contributed by atoms with Crippen LogP contribution in [0.3, 0.4) is 0 Å². The van der Waals surface area contributed by atoms with Gasteiger partial charge in [0.05, 0.1) is 29.1 Å². The van der Waals surface area contributed by atoms with Crippen molar-refractivity contribution in [1.29, 1.82) is 0 Å². The van der Waals surface area contributed by atoms with Gasteiger partial charge in [-0.05, 0) is 37.1 Å². The quantitative estimate of drug-likeness (QED) is 0.358. The van der Waals surface area contributed by atoms with Crippen LogP contribution < -0.4 is 4.90 Å². The molecule has 1 N–H and O–H groups in total. The van der Waals surface area contributed by atoms with Gasteiger partial charge in [-0.2, -0.15) is 0 Å². The van der Waals surface area contributed by atoms with Gasteiger partial charge in [0, 0.05) is 11.6 Å². The maximum Gasteiger partial charge on any atom is 0.280 e. The number of carbonyl (C=O) groups excluding carboxylic acids is 2. The summed E-state index contributed by atoms with van der Waals surface area (Å²) >= 11 is 0. The van der Waals surface area contributed by atoms with Crippen LogP contribution in [0.2, 0.25) is 0 Å². The molecule has 7 nitrogen and oxygen atoms in total. The molecule has 1 unspecified atom stereocenters. The minimum atomic E-state index is -2.10. The number of amides is 1. The fourth-order valence-electron chi connectivity index (χ4n) is 4.22. The molecular formula is C25H22N2O5. The number of nitrogens with zero attached hydrogens (tertiary/aromatic N) is 2. The number of aliphatic hydroxyl groups is 1. The number of nitro benzene ring substituents is 1. The van der Waals surface area contributed by atoms with Crippen molar-refractivity contribution in [1.82, 2.24) is 0 Å². The second-order valence-corrected chi connectivity index (χ2v) is 8.07. The molecule has 7 heteroatoms. The van der Waals surface area contributed by atoms with Gasteiger partial charge in [0.25, 0.3) is 11.6 Å². The molecule has 0 aromatic heterocycles. The molecule has 4 rings (SSSR count). The lowest BCUT2D eigenvalue weighted by atomic mass is 9.88. The topological polar surface area (TPSA) is 101 Å². The summed E-state index contributed by atoms with van der Waals surface area (Å²) in [5.41, 5.74) is 1.30. The smallest absolute Gasteiger partial charge is 0.280 e. The van der Waals surface area contributed by atoms with Crippen LogP contribution in [0.5, 0.6) is 0 Å². The fraction of sp³-hybridized carbons (Fsp3) is 0.200. The molecule has 162 valence electrons. The van der Waals surface area contributed by atoms with E-state index in [0.29, 0.717) is 11.3 Å². The van der Waals surface area contributed by atoms with E-state index in [1.807, 2.05) is 32.0 Å². The molecule has 0 bridgehead atoms. The van der Waals surface area contributed by atoms with Gasteiger partial charge in [-0.3, -0.25) is 19.7 Å². The van der Waals surface area contributed by atoms with E-state index >= 15 is 0 Å². The van der Waals surface area contributed by atoms with Crippen LogP contribution in [0.4, 0.5) is 11.4 Å². The van der Waals surface area contributed by atoms with Gasteiger partial charge in [-0.1, -0.05) is 54.1 Å². The summed E-state index contributed by atoms with van der Waals surface area (Å²) < 4.78 is 0. The Balaban J connectivity index is 1.71. The van der Waals surface area contributed by atoms with Crippen molar-refractivity contribution in [2.75, 3.05) is 4.90 Å². The molecule has 3 aromatic rings. The SMILES string of the molecule is Cc1ccc(CN2C(=O)C(O)(CC(=O)c3ccccc3[N+](=O)[O-])c3ccccc32)c(C)c1. The van der Waals surface area contributed by atoms with Crippen LogP contribution >= 0.6 is 0 Å². The van der Waals surface area contributed by atoms with Crippen molar-refractivity contribution in [2.24, 2.45) is 0 Å². The maximum absolute atomic E-state index is 13.4. The second-order valence-electron chi connectivity index (χ2n) is 8.07. The van der Waals surface area contributed by atoms with Gasteiger partial charge in [-0.15, -0.1) is 0 Å². The Kier molecular flexibility index (Phi) is 5.36. The highest BCUT2D eigenvalue weighted by Crippen LogP contribution is 2.44. The number of anilines is 1. The summed E-state index contributed by atoms with van der Waals surface area (Å²) in [6.45, 7) is 4.18. The largest absolute Gasteiger partial charge is 0.375 e. The number of benzene rings is 3. The average Bonchev–Trinajstić information content (AvgIpc) is 2.97. The molecule has 1 aliphatic rings. The maximum atomic E-state index is 13.4. The first-order valence-corrected chi connectivity index (χ1v) is 10.2. The third kappa shape index (κ3) is 3.56. The number of ketones is 1. The number of Topliss-reactive ketones (excluding diaryl/α,β-unsaturated/α-hetero) is 1. The number of rotatable bonds is 6. The molecule has 32 heavy (non-hydrogen) atoms. The van der Waals surface area contributed by atoms with Gasteiger partial charge in [0.2, 0.25) is 0 Å². The molecule has 0 radical (unpaired) electrons. The molecule has 1 atom stereocenters. The van der Waals surface area contributed by atoms with Crippen LogP contribution in [0, 0.1) is 24.0 Å². The zero-order valence-corrected chi connectivity index (χ0v) is 17.7. The molecule has 1 amide bonds. The molecule has 1 heterocycles. The van der Waals surface area contributed by atoms with Crippen LogP contribution in [0.25, 0.3) is 0 Å². The van der Waals surface area contributed by atoms with Crippen molar-refractivity contribution in [2.45, 2.75) is 32.4 Å². The van der Waals surface area contributed by atoms with E-state index in [2.05, 4.69) is 0 Å². The van der Waals surface area contributed by atoms with E-state index in [4.69, 9.17) is 0 Å². The summed E-state index contributed by atoms with van der Waals surface area (Å²) in [6, 6.07) is 18.3. The minimum Gasteiger partial charge on any atom is -0.375 e. The number of carbonyl (C=O) groups is 2. The first-order chi connectivity index (χ1) is 15.2. The predicted molar refractivity (Wildman–Crippen MR) is 119 cm³/mol. The van der Waals surface area contributed by atoms with Crippen molar-refractivity contribution >= 4 is 23.1 Å². The number of aryl methyl sites for hydroxylation is 2. The third-order valence-electron chi connectivity index (χ3n) is 5.88. The molecule has 3 aromatic carbocycles. The zero-order chi connectivity index (χ0) is 23.0. The van der Waals surface area contributed by atoms with E-state index in [0.717, 1.165) is 16.7 Å². The standard InChI is InChI=1S/C25H22N2O5/c1-16-11-12-18(17(2)13-16)15-26-22-10-6-4-8-20(22)25(30,24(26)29)14-23(28)19-7-3-5-9-21(19)27(31)32/h3-13,30H,14-15H2,1-2H3. The Labute approximate surface area is 185 Å². The lowest BCUT2D eigenvalue weighted by Gasteiger charge is -2.23. The summed E-state index contributed by atoms with van der Waals surface area (Å²) in [7, 11) is 0. The van der Waals surface area contributed by atoms with Crippen molar-refractivity contribution in [3.8, 4) is 0 Å². The van der Waals surface area contributed by atoms with Gasteiger partial charge in [-0.25, -0.2) is 0 Å². The first-order valence-electron chi connectivity index (χ1n) is 10.2. The highest BCUT2D eigenvalue weighted by molar-refractivity contribution is 6.11. The van der Waals surface area contributed by atoms with Crippen molar-refractivity contribution in [3.05, 3.63) is 105 Å². The number of fused-ring (bicyclic) bond motifs is 1. The molecule has 0 saturated heterocycles. The van der Waals surface area contributed by atoms with Crippen LogP contribution in [0.1, 0.15) is 39.0 Å². The average molecular weight is 430 g/mol. The molecular weight excluding hydrogens is 408 g/mol. The highest BCUT2D eigenvalue weighted by Gasteiger charge is 2.51. The minimum absolute atomic E-state index is 0.135. The van der Waals surface area contributed by atoms with E-state index < -0.39 is 28.6 Å². The molecule has 0 saturated carbocycles. The lowest BCUT2D eigenvalue weighted by Crippen LogP contribution is -2.41. The van der Waals surface area contributed by atoms with Gasteiger partial charge >= 0.3 is 0 Å². The number of para-hydroxylation sites is 2. The Morgan fingerprint density at radius 3 is 2.47 bits per heavy atom. The Bertz CT molecular complexity index is 1250. The fourth-order valence-corrected chi connectivity index (χ4v) is 4.22. The number of hydrogen-bond donors (Lipinski definition) is 1. The van der Waals surface area contributed by atoms with Crippen LogP contribution in [0.15, 0.2) is 66.7 Å². The number of hydrogen-bond acceptors (Lipinski definition) is 5. The Morgan fingerprint density at radius 1 is 1.06 bits per heavy atom. The second kappa shape index (κ2) is 8.01. The molecule has 0 fully saturated rings. The van der Waals surface area contributed by atoms with Gasteiger partial charge in [0.15, 0.2) is 11.4 Å². The normalized spacial score (nSPS) is 17.3. The summed E-state index contributed by atoms with van der Waals surface area (Å²) in [6.07, 6.45) is -0.586. The monoisotopic (exact) mass is 430 g/mol. The van der Waals surface area contributed by atoms with Crippen molar-refractivity contribution in [3.63, 3.8) is 0 Å². The van der Waals surface area contributed by atoms with Gasteiger partial charge in [0.1, 0.15) is 0 Å². The molecule has 1 aliphatic heterocycles. The van der Waals surface area contributed by atoms with E-state index in [1.54, 1.807) is 24.3 Å². The lowest BCUT2D eigenvalue weighted by molar-refractivity contribution is -0.385. The van der Waals surface area contributed by atoms with Crippen LogP contribution in [-0.2, 0) is 16.9 Å². The Morgan fingerprint density at radius 2 is 1.75 bits per heavy atom. The summed E-state index contributed by atoms with van der Waals surface area (Å²) in [5.74, 6) is -1.29. The van der Waals surface area contributed by atoms with E-state index in [-0.39, 0.29) is 17.8 Å². The Hall–Kier alpha value is -3.84. The van der Waals surface area contributed by atoms with E-state index in [9.17, 15) is 24.8 Å². The summed E-state index contributed by atoms with van der Waals surface area (Å²) in [5, 5.41) is 22.8. The number of nitro groups is 1.